The largest absolute Gasteiger partial charge is 0.493 e. The lowest BCUT2D eigenvalue weighted by Crippen LogP contribution is -2.18. The van der Waals surface area contributed by atoms with Crippen molar-refractivity contribution in [2.45, 2.75) is 13.1 Å². The van der Waals surface area contributed by atoms with E-state index in [9.17, 15) is 18.0 Å². The summed E-state index contributed by atoms with van der Waals surface area (Å²) in [5, 5.41) is 3.83. The van der Waals surface area contributed by atoms with E-state index in [4.69, 9.17) is 4.74 Å². The number of benzene rings is 2. The summed E-state index contributed by atoms with van der Waals surface area (Å²) in [6.07, 6.45) is -3.04. The van der Waals surface area contributed by atoms with Crippen molar-refractivity contribution in [3.8, 4) is 5.75 Å². The molecule has 0 heterocycles. The van der Waals surface area contributed by atoms with Gasteiger partial charge in [-0.05, 0) is 49.4 Å². The van der Waals surface area contributed by atoms with Gasteiger partial charge in [-0.25, -0.2) is 5.43 Å². The zero-order valence-electron chi connectivity index (χ0n) is 13.1. The Morgan fingerprint density at radius 2 is 1.92 bits per heavy atom. The van der Waals surface area contributed by atoms with Crippen molar-refractivity contribution in [2.24, 2.45) is 5.10 Å². The van der Waals surface area contributed by atoms with E-state index in [1.54, 1.807) is 12.1 Å². The minimum atomic E-state index is -4.44. The zero-order valence-corrected chi connectivity index (χ0v) is 14.7. The highest BCUT2D eigenvalue weighted by atomic mass is 79.9. The predicted molar refractivity (Wildman–Crippen MR) is 91.8 cm³/mol. The van der Waals surface area contributed by atoms with E-state index in [2.05, 4.69) is 26.5 Å². The normalized spacial score (nSPS) is 11.6. The first-order valence-electron chi connectivity index (χ1n) is 7.24. The van der Waals surface area contributed by atoms with Gasteiger partial charge in [0.15, 0.2) is 0 Å². The van der Waals surface area contributed by atoms with Crippen molar-refractivity contribution in [3.05, 3.63) is 63.6 Å². The van der Waals surface area contributed by atoms with Crippen LogP contribution in [0.2, 0.25) is 0 Å². The molecule has 8 heteroatoms. The molecule has 0 saturated heterocycles. The standard InChI is InChI=1S/C17H14BrF3N2O2/c1-2-25-15-8-7-14(18)9-12(15)10-22-23-16(24)11-3-5-13(6-4-11)17(19,20)21/h3-10H,2H2,1H3,(H,23,24)/b22-10-. The third kappa shape index (κ3) is 5.32. The highest BCUT2D eigenvalue weighted by molar-refractivity contribution is 9.10. The SMILES string of the molecule is CCOc1ccc(Br)cc1/C=N\NC(=O)c1ccc(C(F)(F)F)cc1. The van der Waals surface area contributed by atoms with Crippen LogP contribution in [0.25, 0.3) is 0 Å². The molecule has 25 heavy (non-hydrogen) atoms. The predicted octanol–water partition coefficient (Wildman–Crippen LogP) is 4.63. The maximum absolute atomic E-state index is 12.5. The summed E-state index contributed by atoms with van der Waals surface area (Å²) in [4.78, 5) is 11.9. The summed E-state index contributed by atoms with van der Waals surface area (Å²) in [5.74, 6) is -0.0174. The van der Waals surface area contributed by atoms with E-state index in [0.717, 1.165) is 28.7 Å². The second-order valence-electron chi connectivity index (χ2n) is 4.89. The molecule has 0 saturated carbocycles. The average molecular weight is 415 g/mol. The lowest BCUT2D eigenvalue weighted by Gasteiger charge is -2.08. The first-order valence-corrected chi connectivity index (χ1v) is 8.03. The first kappa shape index (κ1) is 19.0. The molecule has 1 amide bonds. The Balaban J connectivity index is 2.07. The molecule has 0 aliphatic heterocycles. The molecule has 0 spiro atoms. The van der Waals surface area contributed by atoms with Gasteiger partial charge < -0.3 is 4.74 Å². The van der Waals surface area contributed by atoms with Crippen LogP contribution >= 0.6 is 15.9 Å². The fourth-order valence-corrected chi connectivity index (χ4v) is 2.32. The highest BCUT2D eigenvalue weighted by Crippen LogP contribution is 2.29. The van der Waals surface area contributed by atoms with Gasteiger partial charge in [0.1, 0.15) is 5.75 Å². The van der Waals surface area contributed by atoms with E-state index in [0.29, 0.717) is 17.9 Å². The Labute approximate surface area is 150 Å². The number of alkyl halides is 3. The molecule has 0 radical (unpaired) electrons. The first-order chi connectivity index (χ1) is 11.8. The van der Waals surface area contributed by atoms with E-state index < -0.39 is 17.6 Å². The van der Waals surface area contributed by atoms with Crippen LogP contribution < -0.4 is 10.2 Å². The number of carbonyl (C=O) groups is 1. The van der Waals surface area contributed by atoms with Gasteiger partial charge in [0.2, 0.25) is 0 Å². The monoisotopic (exact) mass is 414 g/mol. The van der Waals surface area contributed by atoms with Gasteiger partial charge in [-0.15, -0.1) is 0 Å². The highest BCUT2D eigenvalue weighted by Gasteiger charge is 2.30. The fraction of sp³-hybridized carbons (Fsp3) is 0.176. The van der Waals surface area contributed by atoms with E-state index in [1.807, 2.05) is 13.0 Å². The second kappa shape index (κ2) is 8.15. The molecule has 0 fully saturated rings. The molecule has 0 bridgehead atoms. The van der Waals surface area contributed by atoms with Crippen LogP contribution in [0, 0.1) is 0 Å². The molecule has 2 aromatic rings. The Kier molecular flexibility index (Phi) is 6.19. The average Bonchev–Trinajstić information content (AvgIpc) is 2.56. The molecule has 0 aromatic heterocycles. The number of amides is 1. The van der Waals surface area contributed by atoms with Gasteiger partial charge >= 0.3 is 6.18 Å². The molecular formula is C17H14BrF3N2O2. The summed E-state index contributed by atoms with van der Waals surface area (Å²) in [6, 6.07) is 9.21. The molecule has 0 atom stereocenters. The number of hydrogen-bond donors (Lipinski definition) is 1. The molecule has 0 aliphatic rings. The van der Waals surface area contributed by atoms with E-state index in [-0.39, 0.29) is 5.56 Å². The smallest absolute Gasteiger partial charge is 0.416 e. The summed E-state index contributed by atoms with van der Waals surface area (Å²) in [6.45, 7) is 2.32. The third-order valence-corrected chi connectivity index (χ3v) is 3.61. The maximum atomic E-state index is 12.5. The van der Waals surface area contributed by atoms with E-state index in [1.165, 1.54) is 6.21 Å². The molecule has 0 unspecified atom stereocenters. The number of hydrazone groups is 1. The number of nitrogens with zero attached hydrogens (tertiary/aromatic N) is 1. The maximum Gasteiger partial charge on any atom is 0.416 e. The Morgan fingerprint density at radius 1 is 1.24 bits per heavy atom. The van der Waals surface area contributed by atoms with Crippen LogP contribution in [0.4, 0.5) is 13.2 Å². The van der Waals surface area contributed by atoms with Gasteiger partial charge in [0.05, 0.1) is 18.4 Å². The molecule has 1 N–H and O–H groups in total. The number of carbonyl (C=O) groups excluding carboxylic acids is 1. The Morgan fingerprint density at radius 3 is 2.52 bits per heavy atom. The lowest BCUT2D eigenvalue weighted by molar-refractivity contribution is -0.137. The second-order valence-corrected chi connectivity index (χ2v) is 5.81. The summed E-state index contributed by atoms with van der Waals surface area (Å²) in [7, 11) is 0. The van der Waals surface area contributed by atoms with Gasteiger partial charge in [-0.1, -0.05) is 15.9 Å². The van der Waals surface area contributed by atoms with Gasteiger partial charge in [0, 0.05) is 15.6 Å². The van der Waals surface area contributed by atoms with Crippen LogP contribution in [0.5, 0.6) is 5.75 Å². The van der Waals surface area contributed by atoms with Crippen molar-refractivity contribution in [1.29, 1.82) is 0 Å². The zero-order chi connectivity index (χ0) is 18.4. The van der Waals surface area contributed by atoms with Crippen molar-refractivity contribution >= 4 is 28.1 Å². The third-order valence-electron chi connectivity index (χ3n) is 3.12. The molecule has 2 rings (SSSR count). The number of hydrogen-bond acceptors (Lipinski definition) is 3. The van der Waals surface area contributed by atoms with E-state index >= 15 is 0 Å². The summed E-state index contributed by atoms with van der Waals surface area (Å²) in [5.41, 5.74) is 2.17. The topological polar surface area (TPSA) is 50.7 Å². The fourth-order valence-electron chi connectivity index (χ4n) is 1.94. The van der Waals surface area contributed by atoms with Gasteiger partial charge in [-0.3, -0.25) is 4.79 Å². The van der Waals surface area contributed by atoms with Crippen molar-refractivity contribution in [1.82, 2.24) is 5.43 Å². The Hall–Kier alpha value is -2.35. The van der Waals surface area contributed by atoms with Gasteiger partial charge in [0.25, 0.3) is 5.91 Å². The van der Waals surface area contributed by atoms with Crippen LogP contribution in [0.3, 0.4) is 0 Å². The quantitative estimate of drug-likeness (QED) is 0.572. The van der Waals surface area contributed by atoms with Gasteiger partial charge in [-0.2, -0.15) is 18.3 Å². The summed E-state index contributed by atoms with van der Waals surface area (Å²) < 4.78 is 43.8. The molecule has 4 nitrogen and oxygen atoms in total. The minimum Gasteiger partial charge on any atom is -0.493 e. The number of rotatable bonds is 5. The number of halogens is 4. The van der Waals surface area contributed by atoms with Crippen molar-refractivity contribution in [2.75, 3.05) is 6.61 Å². The molecule has 2 aromatic carbocycles. The minimum absolute atomic E-state index is 0.0735. The lowest BCUT2D eigenvalue weighted by atomic mass is 10.1. The van der Waals surface area contributed by atoms with Crippen molar-refractivity contribution in [3.63, 3.8) is 0 Å². The van der Waals surface area contributed by atoms with Crippen LogP contribution in [0.1, 0.15) is 28.4 Å². The van der Waals surface area contributed by atoms with Crippen LogP contribution in [0.15, 0.2) is 52.0 Å². The van der Waals surface area contributed by atoms with Crippen LogP contribution in [-0.4, -0.2) is 18.7 Å². The summed E-state index contributed by atoms with van der Waals surface area (Å²) >= 11 is 3.33. The Bertz CT molecular complexity index is 774. The van der Waals surface area contributed by atoms with Crippen molar-refractivity contribution < 1.29 is 22.7 Å². The number of nitrogens with one attached hydrogen (secondary N) is 1. The molecular weight excluding hydrogens is 401 g/mol. The molecule has 132 valence electrons. The number of ether oxygens (including phenoxy) is 1. The molecule has 0 aliphatic carbocycles. The van der Waals surface area contributed by atoms with Crippen LogP contribution in [-0.2, 0) is 6.18 Å².